The highest BCUT2D eigenvalue weighted by atomic mass is 79.9. The first-order chi connectivity index (χ1) is 14.1. The monoisotopic (exact) mass is 472 g/mol. The van der Waals surface area contributed by atoms with Gasteiger partial charge in [0.15, 0.2) is 11.6 Å². The van der Waals surface area contributed by atoms with Gasteiger partial charge < -0.3 is 10.6 Å². The van der Waals surface area contributed by atoms with Crippen LogP contribution in [0.3, 0.4) is 0 Å². The fraction of sp³-hybridized carbons (Fsp3) is 0.278. The molecular weight excluding hydrogens is 456 g/mol. The number of anilines is 2. The smallest absolute Gasteiger partial charge is 0.244 e. The van der Waals surface area contributed by atoms with Gasteiger partial charge in [-0.2, -0.15) is 5.10 Å². The van der Waals surface area contributed by atoms with Gasteiger partial charge in [0.2, 0.25) is 11.9 Å². The number of nitrogens with zero attached hydrogens (tertiary/aromatic N) is 6. The van der Waals surface area contributed by atoms with Gasteiger partial charge in [0.25, 0.3) is 0 Å². The van der Waals surface area contributed by atoms with E-state index in [-0.39, 0.29) is 11.9 Å². The molecule has 1 aliphatic rings. The van der Waals surface area contributed by atoms with Crippen LogP contribution in [0.5, 0.6) is 0 Å². The van der Waals surface area contributed by atoms with Gasteiger partial charge in [-0.25, -0.2) is 0 Å². The molecule has 1 unspecified atom stereocenters. The molecule has 0 aromatic carbocycles. The lowest BCUT2D eigenvalue weighted by Gasteiger charge is -2.08. The zero-order valence-corrected chi connectivity index (χ0v) is 17.9. The predicted molar refractivity (Wildman–Crippen MR) is 114 cm³/mol. The maximum atomic E-state index is 11.9. The van der Waals surface area contributed by atoms with Crippen LogP contribution in [0.1, 0.15) is 19.4 Å². The maximum absolute atomic E-state index is 11.9. The minimum Gasteiger partial charge on any atom is -0.354 e. The van der Waals surface area contributed by atoms with Crippen molar-refractivity contribution in [1.82, 2.24) is 34.8 Å². The van der Waals surface area contributed by atoms with E-state index in [1.54, 1.807) is 22.2 Å². The Morgan fingerprint density at radius 1 is 1.38 bits per heavy atom. The fourth-order valence-corrected chi connectivity index (χ4v) is 5.07. The molecule has 29 heavy (non-hydrogen) atoms. The summed E-state index contributed by atoms with van der Waals surface area (Å²) in [5.41, 5.74) is 0. The number of hydrogen-bond donors (Lipinski definition) is 2. The summed E-state index contributed by atoms with van der Waals surface area (Å²) in [4.78, 5) is 17.1. The molecule has 4 aromatic heterocycles. The highest BCUT2D eigenvalue weighted by Crippen LogP contribution is 2.36. The summed E-state index contributed by atoms with van der Waals surface area (Å²) < 4.78 is 5.74. The van der Waals surface area contributed by atoms with Crippen LogP contribution in [0.25, 0.3) is 20.8 Å². The number of halogens is 1. The maximum Gasteiger partial charge on any atom is 0.244 e. The number of fused-ring (bicyclic) bond motifs is 1. The van der Waals surface area contributed by atoms with Gasteiger partial charge in [-0.15, -0.1) is 21.5 Å². The van der Waals surface area contributed by atoms with E-state index in [1.165, 1.54) is 0 Å². The van der Waals surface area contributed by atoms with Crippen LogP contribution in [-0.2, 0) is 11.3 Å². The molecule has 1 fully saturated rings. The van der Waals surface area contributed by atoms with Crippen molar-refractivity contribution in [2.24, 2.45) is 0 Å². The SMILES string of the molecule is CCn1c(Nc2ccn(C3CCNC3=O)n2)nnc1-c1cc2c(Br)cncc2s1. The number of aromatic nitrogens is 6. The van der Waals surface area contributed by atoms with E-state index in [2.05, 4.69) is 52.9 Å². The quantitative estimate of drug-likeness (QED) is 0.461. The van der Waals surface area contributed by atoms with Crippen molar-refractivity contribution < 1.29 is 4.79 Å². The summed E-state index contributed by atoms with van der Waals surface area (Å²) in [6, 6.07) is 3.68. The Kier molecular flexibility index (Phi) is 4.55. The molecule has 148 valence electrons. The van der Waals surface area contributed by atoms with Crippen LogP contribution in [0.15, 0.2) is 35.2 Å². The molecule has 5 heterocycles. The minimum absolute atomic E-state index is 0.00377. The molecule has 2 N–H and O–H groups in total. The summed E-state index contributed by atoms with van der Waals surface area (Å²) in [5.74, 6) is 2.03. The lowest BCUT2D eigenvalue weighted by molar-refractivity contribution is -0.122. The molecule has 0 spiro atoms. The lowest BCUT2D eigenvalue weighted by Crippen LogP contribution is -2.22. The molecule has 9 nitrogen and oxygen atoms in total. The van der Waals surface area contributed by atoms with Gasteiger partial charge in [-0.1, -0.05) is 0 Å². The number of amides is 1. The second kappa shape index (κ2) is 7.23. The third-order valence-corrected chi connectivity index (χ3v) is 6.57. The Bertz CT molecular complexity index is 1210. The molecule has 1 aliphatic heterocycles. The van der Waals surface area contributed by atoms with Crippen molar-refractivity contribution in [2.75, 3.05) is 11.9 Å². The van der Waals surface area contributed by atoms with Crippen LogP contribution >= 0.6 is 27.3 Å². The summed E-state index contributed by atoms with van der Waals surface area (Å²) in [6.45, 7) is 3.43. The summed E-state index contributed by atoms with van der Waals surface area (Å²) >= 11 is 5.18. The molecular formula is C18H17BrN8OS. The third-order valence-electron chi connectivity index (χ3n) is 4.87. The third kappa shape index (κ3) is 3.19. The van der Waals surface area contributed by atoms with Gasteiger partial charge in [0, 0.05) is 47.6 Å². The Balaban J connectivity index is 1.45. The summed E-state index contributed by atoms with van der Waals surface area (Å²) in [7, 11) is 0. The lowest BCUT2D eigenvalue weighted by atomic mass is 10.2. The zero-order valence-electron chi connectivity index (χ0n) is 15.5. The van der Waals surface area contributed by atoms with Crippen molar-refractivity contribution >= 4 is 55.0 Å². The number of nitrogens with one attached hydrogen (secondary N) is 2. The van der Waals surface area contributed by atoms with Gasteiger partial charge in [0.1, 0.15) is 6.04 Å². The molecule has 4 aromatic rings. The van der Waals surface area contributed by atoms with E-state index in [9.17, 15) is 4.79 Å². The fourth-order valence-electron chi connectivity index (χ4n) is 3.44. The average molecular weight is 473 g/mol. The zero-order chi connectivity index (χ0) is 20.0. The average Bonchev–Trinajstić information content (AvgIpc) is 3.47. The van der Waals surface area contributed by atoms with Gasteiger partial charge >= 0.3 is 0 Å². The highest BCUT2D eigenvalue weighted by molar-refractivity contribution is 9.10. The Morgan fingerprint density at radius 2 is 2.28 bits per heavy atom. The molecule has 1 amide bonds. The molecule has 0 radical (unpaired) electrons. The van der Waals surface area contributed by atoms with E-state index in [0.29, 0.717) is 24.9 Å². The number of rotatable bonds is 5. The molecule has 1 saturated heterocycles. The Hall–Kier alpha value is -2.79. The summed E-state index contributed by atoms with van der Waals surface area (Å²) in [6.07, 6.45) is 6.19. The molecule has 11 heteroatoms. The summed E-state index contributed by atoms with van der Waals surface area (Å²) in [5, 5.41) is 20.4. The van der Waals surface area contributed by atoms with E-state index < -0.39 is 0 Å². The Morgan fingerprint density at radius 3 is 3.03 bits per heavy atom. The van der Waals surface area contributed by atoms with Crippen molar-refractivity contribution in [3.05, 3.63) is 35.2 Å². The van der Waals surface area contributed by atoms with Gasteiger partial charge in [-0.05, 0) is 35.3 Å². The van der Waals surface area contributed by atoms with E-state index in [4.69, 9.17) is 0 Å². The van der Waals surface area contributed by atoms with Crippen molar-refractivity contribution in [3.8, 4) is 10.7 Å². The molecule has 5 rings (SSSR count). The van der Waals surface area contributed by atoms with Crippen LogP contribution in [-0.4, -0.2) is 42.0 Å². The second-order valence-electron chi connectivity index (χ2n) is 6.64. The molecule has 0 saturated carbocycles. The number of pyridine rings is 1. The second-order valence-corrected chi connectivity index (χ2v) is 8.57. The minimum atomic E-state index is -0.254. The van der Waals surface area contributed by atoms with Crippen LogP contribution < -0.4 is 10.6 Å². The van der Waals surface area contributed by atoms with E-state index >= 15 is 0 Å². The van der Waals surface area contributed by atoms with Crippen LogP contribution in [0, 0.1) is 0 Å². The predicted octanol–water partition coefficient (Wildman–Crippen LogP) is 3.34. The normalized spacial score (nSPS) is 16.5. The van der Waals surface area contributed by atoms with Crippen LogP contribution in [0.4, 0.5) is 11.8 Å². The topological polar surface area (TPSA) is 103 Å². The first-order valence-electron chi connectivity index (χ1n) is 9.20. The largest absolute Gasteiger partial charge is 0.354 e. The highest BCUT2D eigenvalue weighted by Gasteiger charge is 2.26. The van der Waals surface area contributed by atoms with Gasteiger partial charge in [0.05, 0.1) is 9.58 Å². The van der Waals surface area contributed by atoms with Crippen molar-refractivity contribution in [2.45, 2.75) is 25.9 Å². The standard InChI is InChI=1S/C18H17BrN8OS/c1-2-26-16(13-7-10-11(19)8-20-9-14(10)29-13)23-24-18(26)22-15-4-6-27(25-15)12-3-5-21-17(12)28/h4,6-9,12H,2-3,5H2,1H3,(H,21,28)(H,22,24,25). The Labute approximate surface area is 178 Å². The van der Waals surface area contributed by atoms with Gasteiger partial charge in [-0.3, -0.25) is 19.0 Å². The number of carbonyl (C=O) groups excluding carboxylic acids is 1. The first kappa shape index (κ1) is 18.3. The number of thiophene rings is 1. The number of hydrogen-bond acceptors (Lipinski definition) is 7. The van der Waals surface area contributed by atoms with Crippen LogP contribution in [0.2, 0.25) is 0 Å². The van der Waals surface area contributed by atoms with E-state index in [1.807, 2.05) is 30.0 Å². The van der Waals surface area contributed by atoms with E-state index in [0.717, 1.165) is 31.7 Å². The first-order valence-corrected chi connectivity index (χ1v) is 10.8. The number of carbonyl (C=O) groups is 1. The molecule has 0 bridgehead atoms. The van der Waals surface area contributed by atoms with Crippen molar-refractivity contribution in [1.29, 1.82) is 0 Å². The molecule has 0 aliphatic carbocycles. The van der Waals surface area contributed by atoms with Crippen molar-refractivity contribution in [3.63, 3.8) is 0 Å². The molecule has 1 atom stereocenters.